The summed E-state index contributed by atoms with van der Waals surface area (Å²) >= 11 is 0. The number of fused-ring (bicyclic) bond motifs is 1. The number of nitrogens with zero attached hydrogens (tertiary/aromatic N) is 4. The van der Waals surface area contributed by atoms with E-state index in [2.05, 4.69) is 20.4 Å². The van der Waals surface area contributed by atoms with Crippen LogP contribution in [-0.4, -0.2) is 30.3 Å². The Morgan fingerprint density at radius 3 is 2.54 bits per heavy atom. The van der Waals surface area contributed by atoms with Crippen molar-refractivity contribution < 1.29 is 22.7 Å². The van der Waals surface area contributed by atoms with Gasteiger partial charge in [-0.15, -0.1) is 0 Å². The van der Waals surface area contributed by atoms with Gasteiger partial charge in [-0.2, -0.15) is 27.8 Å². The molecule has 150 valence electrons. The average molecular weight is 397 g/mol. The molecule has 3 rings (SSSR count). The van der Waals surface area contributed by atoms with Gasteiger partial charge in [0, 0.05) is 11.8 Å². The maximum atomic E-state index is 14.1. The maximum Gasteiger partial charge on any atom is 0.419 e. The summed E-state index contributed by atoms with van der Waals surface area (Å²) in [6.45, 7) is 4.87. The maximum absolute atomic E-state index is 14.1. The largest absolute Gasteiger partial charge is 0.419 e. The molecule has 1 aromatic carbocycles. The summed E-state index contributed by atoms with van der Waals surface area (Å²) in [4.78, 5) is 8.23. The van der Waals surface area contributed by atoms with Crippen LogP contribution in [0.15, 0.2) is 30.6 Å². The van der Waals surface area contributed by atoms with Crippen LogP contribution in [0.4, 0.5) is 23.4 Å². The number of rotatable bonds is 5. The highest BCUT2D eigenvalue weighted by atomic mass is 19.4. The molecule has 1 atom stereocenters. The van der Waals surface area contributed by atoms with Crippen molar-refractivity contribution >= 4 is 11.6 Å². The Labute approximate surface area is 158 Å². The van der Waals surface area contributed by atoms with Crippen molar-refractivity contribution in [3.05, 3.63) is 53.2 Å². The molecule has 2 N–H and O–H groups in total. The highest BCUT2D eigenvalue weighted by Gasteiger charge is 2.34. The van der Waals surface area contributed by atoms with E-state index in [4.69, 9.17) is 0 Å². The summed E-state index contributed by atoms with van der Waals surface area (Å²) in [5.41, 5.74) is -1.60. The van der Waals surface area contributed by atoms with Gasteiger partial charge in [0.15, 0.2) is 0 Å². The monoisotopic (exact) mass is 397 g/mol. The molecule has 0 bridgehead atoms. The minimum atomic E-state index is -4.78. The van der Waals surface area contributed by atoms with Gasteiger partial charge in [0.25, 0.3) is 5.78 Å². The van der Waals surface area contributed by atoms with Crippen LogP contribution >= 0.6 is 0 Å². The molecule has 0 spiro atoms. The number of alkyl halides is 3. The zero-order chi connectivity index (χ0) is 20.7. The average Bonchev–Trinajstić information content (AvgIpc) is 3.00. The highest BCUT2D eigenvalue weighted by molar-refractivity contribution is 5.47. The standard InChI is InChI=1S/C18H19F4N5O/c1-10-6-15(27-16(25-10)23-9-24-27)26-14(8-17(2,3)28)11-4-5-12(13(19)7-11)18(20,21)22/h4-7,9,14,26,28H,8H2,1-3H3/t14-/m1/s1. The van der Waals surface area contributed by atoms with Crippen molar-refractivity contribution in [1.82, 2.24) is 19.6 Å². The molecule has 3 aromatic rings. The summed E-state index contributed by atoms with van der Waals surface area (Å²) in [5, 5.41) is 17.4. The van der Waals surface area contributed by atoms with E-state index < -0.39 is 29.2 Å². The number of aliphatic hydroxyl groups is 1. The number of hydrogen-bond acceptors (Lipinski definition) is 5. The van der Waals surface area contributed by atoms with Crippen molar-refractivity contribution in [2.75, 3.05) is 5.32 Å². The molecule has 0 saturated heterocycles. The fraction of sp³-hybridized carbons (Fsp3) is 0.389. The lowest BCUT2D eigenvalue weighted by Crippen LogP contribution is -2.27. The van der Waals surface area contributed by atoms with Gasteiger partial charge in [0.05, 0.1) is 17.2 Å². The Bertz CT molecular complexity index is 994. The van der Waals surface area contributed by atoms with Gasteiger partial charge in [0.2, 0.25) is 0 Å². The topological polar surface area (TPSA) is 75.3 Å². The van der Waals surface area contributed by atoms with Crippen LogP contribution in [0.3, 0.4) is 0 Å². The van der Waals surface area contributed by atoms with E-state index in [0.29, 0.717) is 23.4 Å². The van der Waals surface area contributed by atoms with Crippen molar-refractivity contribution in [2.24, 2.45) is 0 Å². The third kappa shape index (κ3) is 4.38. The molecule has 0 fully saturated rings. The van der Waals surface area contributed by atoms with E-state index >= 15 is 0 Å². The Morgan fingerprint density at radius 2 is 1.93 bits per heavy atom. The third-order valence-corrected chi connectivity index (χ3v) is 4.11. The van der Waals surface area contributed by atoms with E-state index in [9.17, 15) is 22.7 Å². The number of benzene rings is 1. The minimum Gasteiger partial charge on any atom is -0.390 e. The fourth-order valence-corrected chi connectivity index (χ4v) is 2.94. The summed E-state index contributed by atoms with van der Waals surface area (Å²) in [7, 11) is 0. The zero-order valence-corrected chi connectivity index (χ0v) is 15.4. The molecule has 2 aromatic heterocycles. The molecule has 10 heteroatoms. The lowest BCUT2D eigenvalue weighted by atomic mass is 9.93. The molecule has 0 amide bonds. The smallest absolute Gasteiger partial charge is 0.390 e. The Kier molecular flexibility index (Phi) is 5.00. The predicted octanol–water partition coefficient (Wildman–Crippen LogP) is 3.90. The van der Waals surface area contributed by atoms with E-state index in [1.54, 1.807) is 26.8 Å². The van der Waals surface area contributed by atoms with Gasteiger partial charge in [-0.3, -0.25) is 0 Å². The van der Waals surface area contributed by atoms with Gasteiger partial charge in [-0.25, -0.2) is 9.37 Å². The van der Waals surface area contributed by atoms with Crippen LogP contribution in [0.5, 0.6) is 0 Å². The van der Waals surface area contributed by atoms with Gasteiger partial charge in [-0.1, -0.05) is 6.07 Å². The first-order valence-electron chi connectivity index (χ1n) is 8.47. The number of halogens is 4. The normalized spacial score (nSPS) is 13.7. The summed E-state index contributed by atoms with van der Waals surface area (Å²) < 4.78 is 54.1. The predicted molar refractivity (Wildman–Crippen MR) is 94.2 cm³/mol. The number of anilines is 1. The second kappa shape index (κ2) is 7.01. The second-order valence-electron chi connectivity index (χ2n) is 7.21. The van der Waals surface area contributed by atoms with Crippen molar-refractivity contribution in [3.8, 4) is 0 Å². The van der Waals surface area contributed by atoms with Crippen LogP contribution in [0, 0.1) is 12.7 Å². The first-order valence-corrected chi connectivity index (χ1v) is 8.47. The number of nitrogens with one attached hydrogen (secondary N) is 1. The Morgan fingerprint density at radius 1 is 1.21 bits per heavy atom. The molecular weight excluding hydrogens is 378 g/mol. The number of aromatic nitrogens is 4. The van der Waals surface area contributed by atoms with Gasteiger partial charge >= 0.3 is 6.18 Å². The molecule has 0 aliphatic carbocycles. The highest BCUT2D eigenvalue weighted by Crippen LogP contribution is 2.34. The van der Waals surface area contributed by atoms with Crippen molar-refractivity contribution in [3.63, 3.8) is 0 Å². The molecule has 0 radical (unpaired) electrons. The molecular formula is C18H19F4N5O. The van der Waals surface area contributed by atoms with Crippen molar-refractivity contribution in [1.29, 1.82) is 0 Å². The van der Waals surface area contributed by atoms with Crippen LogP contribution in [0.25, 0.3) is 5.78 Å². The molecule has 0 unspecified atom stereocenters. The van der Waals surface area contributed by atoms with Gasteiger partial charge in [0.1, 0.15) is 18.0 Å². The molecule has 28 heavy (non-hydrogen) atoms. The first kappa shape index (κ1) is 20.0. The van der Waals surface area contributed by atoms with Crippen molar-refractivity contribution in [2.45, 2.75) is 45.0 Å². The van der Waals surface area contributed by atoms with Gasteiger partial charge < -0.3 is 10.4 Å². The Balaban J connectivity index is 2.02. The SMILES string of the molecule is Cc1cc(N[C@H](CC(C)(C)O)c2ccc(C(F)(F)F)c(F)c2)n2ncnc2n1. The summed E-state index contributed by atoms with van der Waals surface area (Å²) in [6, 6.07) is 3.72. The van der Waals surface area contributed by atoms with Crippen LogP contribution < -0.4 is 5.32 Å². The quantitative estimate of drug-likeness (QED) is 0.639. The lowest BCUT2D eigenvalue weighted by molar-refractivity contribution is -0.140. The first-order chi connectivity index (χ1) is 12.9. The molecule has 0 saturated carbocycles. The van der Waals surface area contributed by atoms with E-state index in [-0.39, 0.29) is 12.0 Å². The molecule has 0 aliphatic rings. The third-order valence-electron chi connectivity index (χ3n) is 4.11. The van der Waals surface area contributed by atoms with Gasteiger partial charge in [-0.05, 0) is 44.9 Å². The lowest BCUT2D eigenvalue weighted by Gasteiger charge is -2.27. The summed E-state index contributed by atoms with van der Waals surface area (Å²) in [6.07, 6.45) is -3.36. The van der Waals surface area contributed by atoms with E-state index in [0.717, 1.165) is 6.07 Å². The number of hydrogen-bond donors (Lipinski definition) is 2. The minimum absolute atomic E-state index is 0.107. The van der Waals surface area contributed by atoms with Crippen LogP contribution in [0.1, 0.15) is 43.1 Å². The molecule has 6 nitrogen and oxygen atoms in total. The summed E-state index contributed by atoms with van der Waals surface area (Å²) in [5.74, 6) is -0.568. The van der Waals surface area contributed by atoms with Crippen LogP contribution in [0.2, 0.25) is 0 Å². The molecule has 0 aliphatic heterocycles. The zero-order valence-electron chi connectivity index (χ0n) is 15.4. The van der Waals surface area contributed by atoms with Crippen LogP contribution in [-0.2, 0) is 6.18 Å². The number of aryl methyl sites for hydroxylation is 1. The second-order valence-corrected chi connectivity index (χ2v) is 7.21. The van der Waals surface area contributed by atoms with E-state index in [1.165, 1.54) is 16.9 Å². The van der Waals surface area contributed by atoms with E-state index in [1.807, 2.05) is 0 Å². The fourth-order valence-electron chi connectivity index (χ4n) is 2.94. The Hall–Kier alpha value is -2.75. The molecule has 2 heterocycles.